The summed E-state index contributed by atoms with van der Waals surface area (Å²) in [5.74, 6) is 0. The molecule has 15 heavy (non-hydrogen) atoms. The molecule has 0 saturated carbocycles. The Morgan fingerprint density at radius 1 is 1.33 bits per heavy atom. The molecule has 0 bridgehead atoms. The van der Waals surface area contributed by atoms with Gasteiger partial charge in [-0.15, -0.1) is 0 Å². The van der Waals surface area contributed by atoms with Crippen LogP contribution in [0.3, 0.4) is 0 Å². The molecular weight excluding hydrogens is 210 g/mol. The topological polar surface area (TPSA) is 27.3 Å². The van der Waals surface area contributed by atoms with E-state index < -0.39 is 0 Å². The predicted molar refractivity (Wildman–Crippen MR) is 66.1 cm³/mol. The molecule has 0 amide bonds. The van der Waals surface area contributed by atoms with Crippen LogP contribution < -0.4 is 15.5 Å². The van der Waals surface area contributed by atoms with Crippen LogP contribution in [0, 0.1) is 0 Å². The second kappa shape index (κ2) is 4.73. The molecule has 4 heteroatoms. The van der Waals surface area contributed by atoms with Crippen LogP contribution in [0.2, 0.25) is 5.02 Å². The lowest BCUT2D eigenvalue weighted by Crippen LogP contribution is -2.43. The summed E-state index contributed by atoms with van der Waals surface area (Å²) in [5, 5.41) is 7.22. The van der Waals surface area contributed by atoms with E-state index in [1.165, 1.54) is 5.69 Å². The molecule has 1 aromatic rings. The van der Waals surface area contributed by atoms with Gasteiger partial charge in [-0.05, 0) is 18.2 Å². The van der Waals surface area contributed by atoms with Crippen LogP contribution in [0.1, 0.15) is 0 Å². The van der Waals surface area contributed by atoms with Gasteiger partial charge in [0.2, 0.25) is 0 Å². The lowest BCUT2D eigenvalue weighted by molar-refractivity contribution is 0.589. The molecule has 1 aliphatic rings. The summed E-state index contributed by atoms with van der Waals surface area (Å²) in [6.45, 7) is 4.23. The fraction of sp³-hybridized carbons (Fsp3) is 0.455. The minimum atomic E-state index is 0.774. The van der Waals surface area contributed by atoms with Crippen molar-refractivity contribution in [3.05, 3.63) is 23.2 Å². The summed E-state index contributed by atoms with van der Waals surface area (Å²) in [7, 11) is 1.89. The van der Waals surface area contributed by atoms with Crippen molar-refractivity contribution in [2.75, 3.05) is 43.4 Å². The highest BCUT2D eigenvalue weighted by atomic mass is 35.5. The molecule has 2 rings (SSSR count). The zero-order chi connectivity index (χ0) is 10.7. The fourth-order valence-electron chi connectivity index (χ4n) is 1.82. The fourth-order valence-corrected chi connectivity index (χ4v) is 2.04. The molecule has 0 unspecified atom stereocenters. The maximum absolute atomic E-state index is 6.04. The standard InChI is InChI=1S/C11H16ClN3/c1-13-11-8-9(2-3-10(11)12)15-6-4-14-5-7-15/h2-3,8,13-14H,4-7H2,1H3. The molecule has 3 nitrogen and oxygen atoms in total. The van der Waals surface area contributed by atoms with Gasteiger partial charge >= 0.3 is 0 Å². The quantitative estimate of drug-likeness (QED) is 0.804. The average Bonchev–Trinajstić information content (AvgIpc) is 2.31. The molecule has 0 aliphatic carbocycles. The summed E-state index contributed by atoms with van der Waals surface area (Å²) >= 11 is 6.04. The van der Waals surface area contributed by atoms with E-state index in [1.54, 1.807) is 0 Å². The van der Waals surface area contributed by atoms with Crippen molar-refractivity contribution in [2.24, 2.45) is 0 Å². The third-order valence-electron chi connectivity index (χ3n) is 2.70. The summed E-state index contributed by atoms with van der Waals surface area (Å²) in [4.78, 5) is 2.37. The first-order chi connectivity index (χ1) is 7.31. The number of benzene rings is 1. The molecule has 2 N–H and O–H groups in total. The number of hydrogen-bond acceptors (Lipinski definition) is 3. The first kappa shape index (κ1) is 10.6. The highest BCUT2D eigenvalue weighted by molar-refractivity contribution is 6.33. The van der Waals surface area contributed by atoms with Crippen LogP contribution in [-0.2, 0) is 0 Å². The number of piperazine rings is 1. The number of halogens is 1. The van der Waals surface area contributed by atoms with Gasteiger partial charge in [-0.1, -0.05) is 11.6 Å². The van der Waals surface area contributed by atoms with Gasteiger partial charge < -0.3 is 15.5 Å². The number of nitrogens with zero attached hydrogens (tertiary/aromatic N) is 1. The molecule has 0 radical (unpaired) electrons. The van der Waals surface area contributed by atoms with Gasteiger partial charge in [-0.25, -0.2) is 0 Å². The van der Waals surface area contributed by atoms with Crippen molar-refractivity contribution in [1.82, 2.24) is 5.32 Å². The Labute approximate surface area is 95.4 Å². The average molecular weight is 226 g/mol. The molecule has 0 spiro atoms. The van der Waals surface area contributed by atoms with Gasteiger partial charge in [-0.2, -0.15) is 0 Å². The van der Waals surface area contributed by atoms with Crippen molar-refractivity contribution in [3.8, 4) is 0 Å². The third kappa shape index (κ3) is 2.36. The van der Waals surface area contributed by atoms with E-state index in [0.29, 0.717) is 0 Å². The number of hydrogen-bond donors (Lipinski definition) is 2. The number of nitrogens with one attached hydrogen (secondary N) is 2. The Balaban J connectivity index is 2.20. The second-order valence-electron chi connectivity index (χ2n) is 3.65. The van der Waals surface area contributed by atoms with Gasteiger partial charge in [0.25, 0.3) is 0 Å². The minimum absolute atomic E-state index is 0.774. The molecule has 0 aromatic heterocycles. The monoisotopic (exact) mass is 225 g/mol. The van der Waals surface area contributed by atoms with E-state index in [0.717, 1.165) is 36.9 Å². The van der Waals surface area contributed by atoms with Crippen molar-refractivity contribution >= 4 is 23.0 Å². The van der Waals surface area contributed by atoms with Gasteiger partial charge in [0.05, 0.1) is 10.7 Å². The van der Waals surface area contributed by atoms with E-state index in [2.05, 4.69) is 27.7 Å². The summed E-state index contributed by atoms with van der Waals surface area (Å²) in [6.07, 6.45) is 0. The molecule has 1 aliphatic heterocycles. The number of anilines is 2. The zero-order valence-electron chi connectivity index (χ0n) is 8.89. The maximum atomic E-state index is 6.04. The van der Waals surface area contributed by atoms with Crippen molar-refractivity contribution in [1.29, 1.82) is 0 Å². The smallest absolute Gasteiger partial charge is 0.0638 e. The number of rotatable bonds is 2. The van der Waals surface area contributed by atoms with Crippen LogP contribution in [0.15, 0.2) is 18.2 Å². The van der Waals surface area contributed by atoms with Gasteiger partial charge in [0, 0.05) is 38.9 Å². The van der Waals surface area contributed by atoms with E-state index in [9.17, 15) is 0 Å². The van der Waals surface area contributed by atoms with Gasteiger partial charge in [-0.3, -0.25) is 0 Å². The zero-order valence-corrected chi connectivity index (χ0v) is 9.64. The first-order valence-electron chi connectivity index (χ1n) is 5.24. The highest BCUT2D eigenvalue weighted by Crippen LogP contribution is 2.27. The van der Waals surface area contributed by atoms with Crippen LogP contribution in [0.5, 0.6) is 0 Å². The summed E-state index contributed by atoms with van der Waals surface area (Å²) in [6, 6.07) is 6.13. The SMILES string of the molecule is CNc1cc(N2CCNCC2)ccc1Cl. The molecule has 0 atom stereocenters. The van der Waals surface area contributed by atoms with Gasteiger partial charge in [0.1, 0.15) is 0 Å². The second-order valence-corrected chi connectivity index (χ2v) is 4.06. The van der Waals surface area contributed by atoms with Crippen LogP contribution in [-0.4, -0.2) is 33.2 Å². The Hall–Kier alpha value is -0.930. The first-order valence-corrected chi connectivity index (χ1v) is 5.62. The van der Waals surface area contributed by atoms with E-state index in [4.69, 9.17) is 11.6 Å². The van der Waals surface area contributed by atoms with Crippen molar-refractivity contribution < 1.29 is 0 Å². The normalized spacial score (nSPS) is 16.5. The Morgan fingerprint density at radius 2 is 2.07 bits per heavy atom. The van der Waals surface area contributed by atoms with Gasteiger partial charge in [0.15, 0.2) is 0 Å². The largest absolute Gasteiger partial charge is 0.387 e. The molecule has 1 heterocycles. The lowest BCUT2D eigenvalue weighted by atomic mass is 10.2. The van der Waals surface area contributed by atoms with Crippen LogP contribution in [0.4, 0.5) is 11.4 Å². The van der Waals surface area contributed by atoms with Crippen LogP contribution >= 0.6 is 11.6 Å². The minimum Gasteiger partial charge on any atom is -0.387 e. The Bertz CT molecular complexity index is 335. The summed E-state index contributed by atoms with van der Waals surface area (Å²) < 4.78 is 0. The van der Waals surface area contributed by atoms with Crippen molar-refractivity contribution in [2.45, 2.75) is 0 Å². The lowest BCUT2D eigenvalue weighted by Gasteiger charge is -2.29. The maximum Gasteiger partial charge on any atom is 0.0638 e. The summed E-state index contributed by atoms with van der Waals surface area (Å²) in [5.41, 5.74) is 2.23. The van der Waals surface area contributed by atoms with E-state index in [1.807, 2.05) is 13.1 Å². The molecule has 82 valence electrons. The van der Waals surface area contributed by atoms with E-state index >= 15 is 0 Å². The highest BCUT2D eigenvalue weighted by Gasteiger charge is 2.11. The Kier molecular flexibility index (Phi) is 3.34. The third-order valence-corrected chi connectivity index (χ3v) is 3.03. The predicted octanol–water partition coefficient (Wildman–Crippen LogP) is 1.79. The molecule has 1 aromatic carbocycles. The van der Waals surface area contributed by atoms with Crippen LogP contribution in [0.25, 0.3) is 0 Å². The van der Waals surface area contributed by atoms with Crippen molar-refractivity contribution in [3.63, 3.8) is 0 Å². The molecule has 1 fully saturated rings. The molecular formula is C11H16ClN3. The molecule has 1 saturated heterocycles. The van der Waals surface area contributed by atoms with E-state index in [-0.39, 0.29) is 0 Å². The Morgan fingerprint density at radius 3 is 2.73 bits per heavy atom.